The van der Waals surface area contributed by atoms with E-state index >= 15 is 0 Å². The number of pyridine rings is 1. The van der Waals surface area contributed by atoms with E-state index in [4.69, 9.17) is 9.40 Å². The third-order valence-electron chi connectivity index (χ3n) is 7.36. The normalized spacial score (nSPS) is 14.5. The second-order valence-corrected chi connectivity index (χ2v) is 9.69. The Kier molecular flexibility index (Phi) is 5.02. The van der Waals surface area contributed by atoms with Crippen molar-refractivity contribution in [2.45, 2.75) is 46.0 Å². The smallest absolute Gasteiger partial charge is 0.136 e. The molecule has 0 aliphatic heterocycles. The van der Waals surface area contributed by atoms with Gasteiger partial charge in [0.2, 0.25) is 0 Å². The summed E-state index contributed by atoms with van der Waals surface area (Å²) in [6.45, 7) is 4.34. The van der Waals surface area contributed by atoms with Crippen molar-refractivity contribution in [1.29, 1.82) is 0 Å². The fourth-order valence-electron chi connectivity index (χ4n) is 5.67. The van der Waals surface area contributed by atoms with Gasteiger partial charge in [0.25, 0.3) is 0 Å². The topological polar surface area (TPSA) is 26.0 Å². The lowest BCUT2D eigenvalue weighted by Crippen LogP contribution is -1.99. The number of rotatable bonds is 4. The summed E-state index contributed by atoms with van der Waals surface area (Å²) in [5, 5.41) is 2.31. The van der Waals surface area contributed by atoms with Crippen molar-refractivity contribution in [2.75, 3.05) is 0 Å². The first-order valence-electron chi connectivity index (χ1n) is 12.1. The number of aromatic nitrogens is 1. The molecule has 1 aliphatic rings. The summed E-state index contributed by atoms with van der Waals surface area (Å²) in [7, 11) is 0. The molecule has 0 atom stereocenters. The van der Waals surface area contributed by atoms with Crippen LogP contribution in [-0.4, -0.2) is 4.98 Å². The maximum absolute atomic E-state index is 6.28. The molecule has 164 valence electrons. The summed E-state index contributed by atoms with van der Waals surface area (Å²) in [6, 6.07) is 24.0. The average molecular weight is 432 g/mol. The Labute approximate surface area is 195 Å². The van der Waals surface area contributed by atoms with Gasteiger partial charge in [0, 0.05) is 22.5 Å². The summed E-state index contributed by atoms with van der Waals surface area (Å²) >= 11 is 0. The van der Waals surface area contributed by atoms with Crippen LogP contribution in [-0.2, 0) is 6.42 Å². The summed E-state index contributed by atoms with van der Waals surface area (Å²) in [5.74, 6) is 0.839. The van der Waals surface area contributed by atoms with Crippen molar-refractivity contribution in [3.8, 4) is 22.4 Å². The second-order valence-electron chi connectivity index (χ2n) is 9.69. The fraction of sp³-hybridized carbons (Fsp3) is 0.258. The highest BCUT2D eigenvalue weighted by Gasteiger charge is 2.16. The van der Waals surface area contributed by atoms with E-state index in [2.05, 4.69) is 80.6 Å². The number of furan rings is 1. The van der Waals surface area contributed by atoms with Crippen molar-refractivity contribution in [3.05, 3.63) is 89.6 Å². The molecule has 1 aliphatic carbocycles. The van der Waals surface area contributed by atoms with Crippen LogP contribution >= 0.6 is 0 Å². The Balaban J connectivity index is 1.39. The molecule has 0 N–H and O–H groups in total. The first-order valence-corrected chi connectivity index (χ1v) is 12.1. The molecular weight excluding hydrogens is 402 g/mol. The molecular formula is C31H29NO. The minimum absolute atomic E-state index is 0.839. The van der Waals surface area contributed by atoms with Crippen molar-refractivity contribution in [1.82, 2.24) is 4.98 Å². The zero-order valence-corrected chi connectivity index (χ0v) is 19.4. The number of benzene rings is 3. The first-order chi connectivity index (χ1) is 16.2. The van der Waals surface area contributed by atoms with Gasteiger partial charge in [-0.05, 0) is 96.5 Å². The largest absolute Gasteiger partial charge is 0.456 e. The lowest BCUT2D eigenvalue weighted by Gasteiger charge is -2.10. The molecule has 2 nitrogen and oxygen atoms in total. The fourth-order valence-corrected chi connectivity index (χ4v) is 5.67. The van der Waals surface area contributed by atoms with Crippen LogP contribution in [0.4, 0.5) is 0 Å². The lowest BCUT2D eigenvalue weighted by atomic mass is 9.95. The molecule has 0 radical (unpaired) electrons. The molecule has 0 bridgehead atoms. The maximum atomic E-state index is 6.28. The van der Waals surface area contributed by atoms with E-state index in [0.717, 1.165) is 39.1 Å². The van der Waals surface area contributed by atoms with Crippen LogP contribution in [0.15, 0.2) is 77.3 Å². The van der Waals surface area contributed by atoms with Gasteiger partial charge >= 0.3 is 0 Å². The van der Waals surface area contributed by atoms with Gasteiger partial charge < -0.3 is 4.42 Å². The zero-order valence-electron chi connectivity index (χ0n) is 19.4. The van der Waals surface area contributed by atoms with Gasteiger partial charge in [0.1, 0.15) is 11.2 Å². The van der Waals surface area contributed by atoms with Gasteiger partial charge in [-0.1, -0.05) is 49.9 Å². The number of aryl methyl sites for hydroxylation is 2. The van der Waals surface area contributed by atoms with E-state index < -0.39 is 0 Å². The number of fused-ring (bicyclic) bond motifs is 3. The van der Waals surface area contributed by atoms with Crippen LogP contribution < -0.4 is 0 Å². The average Bonchev–Trinajstić information content (AvgIpc) is 3.46. The minimum atomic E-state index is 0.839. The predicted octanol–water partition coefficient (Wildman–Crippen LogP) is 8.66. The van der Waals surface area contributed by atoms with E-state index in [1.165, 1.54) is 59.9 Å². The molecule has 0 spiro atoms. The Morgan fingerprint density at radius 3 is 2.39 bits per heavy atom. The third-order valence-corrected chi connectivity index (χ3v) is 7.36. The summed E-state index contributed by atoms with van der Waals surface area (Å²) in [4.78, 5) is 4.70. The van der Waals surface area contributed by atoms with Crippen LogP contribution in [0, 0.1) is 19.8 Å². The van der Waals surface area contributed by atoms with E-state index in [1.54, 1.807) is 0 Å². The highest BCUT2D eigenvalue weighted by atomic mass is 16.3. The molecule has 1 fully saturated rings. The Morgan fingerprint density at radius 2 is 1.58 bits per heavy atom. The quantitative estimate of drug-likeness (QED) is 0.284. The van der Waals surface area contributed by atoms with E-state index in [0.29, 0.717) is 0 Å². The van der Waals surface area contributed by atoms with Crippen LogP contribution in [0.5, 0.6) is 0 Å². The van der Waals surface area contributed by atoms with Gasteiger partial charge in [-0.3, -0.25) is 4.98 Å². The number of nitrogens with zero attached hydrogens (tertiary/aromatic N) is 1. The number of hydrogen-bond acceptors (Lipinski definition) is 2. The molecule has 0 unspecified atom stereocenters. The van der Waals surface area contributed by atoms with Gasteiger partial charge in [-0.2, -0.15) is 0 Å². The van der Waals surface area contributed by atoms with Crippen LogP contribution in [0.25, 0.3) is 44.3 Å². The van der Waals surface area contributed by atoms with Gasteiger partial charge in [-0.15, -0.1) is 0 Å². The molecule has 2 heteroatoms. The molecule has 2 heterocycles. The van der Waals surface area contributed by atoms with E-state index in [1.807, 2.05) is 6.20 Å². The van der Waals surface area contributed by atoms with E-state index in [9.17, 15) is 0 Å². The van der Waals surface area contributed by atoms with Crippen molar-refractivity contribution in [3.63, 3.8) is 0 Å². The van der Waals surface area contributed by atoms with Crippen molar-refractivity contribution in [2.24, 2.45) is 5.92 Å². The maximum Gasteiger partial charge on any atom is 0.136 e. The standard InChI is InChI=1S/C31H29NO/c1-20-6-5-7-21(2)31(20)25-10-12-26-27-18-24(11-13-29(27)33-30(26)19-25)28-17-23(14-15-32-28)16-22-8-3-4-9-22/h5-7,10-15,17-19,22H,3-4,8-9,16H2,1-2H3. The van der Waals surface area contributed by atoms with E-state index in [-0.39, 0.29) is 0 Å². The highest BCUT2D eigenvalue weighted by Crippen LogP contribution is 2.36. The molecule has 0 amide bonds. The minimum Gasteiger partial charge on any atom is -0.456 e. The molecule has 33 heavy (non-hydrogen) atoms. The van der Waals surface area contributed by atoms with Gasteiger partial charge in [0.05, 0.1) is 5.69 Å². The SMILES string of the molecule is Cc1cccc(C)c1-c1ccc2c(c1)oc1ccc(-c3cc(CC4CCCC4)ccn3)cc12. The molecule has 0 saturated heterocycles. The zero-order chi connectivity index (χ0) is 22.4. The Bertz CT molecular complexity index is 1450. The molecule has 6 rings (SSSR count). The summed E-state index contributed by atoms with van der Waals surface area (Å²) in [6.07, 6.45) is 8.65. The monoisotopic (exact) mass is 431 g/mol. The number of hydrogen-bond donors (Lipinski definition) is 0. The molecule has 2 aromatic heterocycles. The summed E-state index contributed by atoms with van der Waals surface area (Å²) in [5.41, 5.74) is 10.5. The Hall–Kier alpha value is -3.39. The highest BCUT2D eigenvalue weighted by molar-refractivity contribution is 6.07. The van der Waals surface area contributed by atoms with Crippen LogP contribution in [0.1, 0.15) is 42.4 Å². The van der Waals surface area contributed by atoms with Crippen molar-refractivity contribution >= 4 is 21.9 Å². The summed E-state index contributed by atoms with van der Waals surface area (Å²) < 4.78 is 6.28. The van der Waals surface area contributed by atoms with Crippen LogP contribution in [0.2, 0.25) is 0 Å². The first kappa shape index (κ1) is 20.2. The molecule has 5 aromatic rings. The third kappa shape index (κ3) is 3.74. The van der Waals surface area contributed by atoms with Gasteiger partial charge in [-0.25, -0.2) is 0 Å². The Morgan fingerprint density at radius 1 is 0.788 bits per heavy atom. The van der Waals surface area contributed by atoms with Gasteiger partial charge in [0.15, 0.2) is 0 Å². The second kappa shape index (κ2) is 8.19. The predicted molar refractivity (Wildman–Crippen MR) is 138 cm³/mol. The molecule has 3 aromatic carbocycles. The lowest BCUT2D eigenvalue weighted by molar-refractivity contribution is 0.546. The molecule has 1 saturated carbocycles. The van der Waals surface area contributed by atoms with Crippen molar-refractivity contribution < 1.29 is 4.42 Å². The van der Waals surface area contributed by atoms with Crippen LogP contribution in [0.3, 0.4) is 0 Å².